The van der Waals surface area contributed by atoms with E-state index in [1.54, 1.807) is 0 Å². The molecule has 1 aliphatic carbocycles. The molecule has 2 rings (SSSR count). The average molecular weight is 303 g/mol. The zero-order chi connectivity index (χ0) is 13.7. The molecule has 0 aromatic heterocycles. The predicted molar refractivity (Wildman–Crippen MR) is 86.3 cm³/mol. The molecule has 118 valence electrons. The second-order valence-electron chi connectivity index (χ2n) is 6.57. The lowest BCUT2D eigenvalue weighted by Crippen LogP contribution is -2.45. The molecule has 0 aromatic rings. The summed E-state index contributed by atoms with van der Waals surface area (Å²) in [6, 6.07) is 0.461. The molecule has 1 N–H and O–H groups in total. The van der Waals surface area contributed by atoms with E-state index in [-0.39, 0.29) is 18.3 Å². The molecule has 0 spiro atoms. The molecule has 1 aliphatic heterocycles. The van der Waals surface area contributed by atoms with Crippen molar-refractivity contribution in [1.29, 1.82) is 0 Å². The van der Waals surface area contributed by atoms with Gasteiger partial charge in [0.1, 0.15) is 0 Å². The Kier molecular flexibility index (Phi) is 7.90. The normalized spacial score (nSPS) is 22.9. The van der Waals surface area contributed by atoms with Crippen LogP contribution in [0.4, 0.5) is 0 Å². The molecule has 0 radical (unpaired) electrons. The van der Waals surface area contributed by atoms with Crippen molar-refractivity contribution < 1.29 is 4.79 Å². The SMILES string of the molecule is CC(CC1CCCCC1)C(=O)N(C)C1CCNCC1.Cl. The van der Waals surface area contributed by atoms with Gasteiger partial charge in [0.25, 0.3) is 0 Å². The Hall–Kier alpha value is -0.280. The molecule has 2 aliphatic rings. The van der Waals surface area contributed by atoms with E-state index < -0.39 is 0 Å². The molecular weight excluding hydrogens is 272 g/mol. The summed E-state index contributed by atoms with van der Waals surface area (Å²) in [5.41, 5.74) is 0. The molecule has 2 fully saturated rings. The summed E-state index contributed by atoms with van der Waals surface area (Å²) < 4.78 is 0. The van der Waals surface area contributed by atoms with Gasteiger partial charge in [-0.3, -0.25) is 4.79 Å². The molecule has 1 atom stereocenters. The Morgan fingerprint density at radius 2 is 1.75 bits per heavy atom. The van der Waals surface area contributed by atoms with Crippen molar-refractivity contribution in [3.05, 3.63) is 0 Å². The summed E-state index contributed by atoms with van der Waals surface area (Å²) in [6.45, 7) is 4.24. The standard InChI is InChI=1S/C16H30N2O.ClH/c1-13(12-14-6-4-3-5-7-14)16(19)18(2)15-8-10-17-11-9-15;/h13-15,17H,3-12H2,1-2H3;1H. The first-order chi connectivity index (χ1) is 9.18. The number of hydrogen-bond acceptors (Lipinski definition) is 2. The molecule has 1 unspecified atom stereocenters. The van der Waals surface area contributed by atoms with Gasteiger partial charge >= 0.3 is 0 Å². The van der Waals surface area contributed by atoms with Crippen LogP contribution in [0, 0.1) is 11.8 Å². The van der Waals surface area contributed by atoms with Crippen LogP contribution in [0.1, 0.15) is 58.3 Å². The van der Waals surface area contributed by atoms with E-state index in [2.05, 4.69) is 12.2 Å². The third kappa shape index (κ3) is 4.92. The van der Waals surface area contributed by atoms with E-state index in [4.69, 9.17) is 0 Å². The molecule has 0 bridgehead atoms. The van der Waals surface area contributed by atoms with Crippen LogP contribution in [0.25, 0.3) is 0 Å². The maximum absolute atomic E-state index is 12.5. The summed E-state index contributed by atoms with van der Waals surface area (Å²) in [5, 5.41) is 3.37. The monoisotopic (exact) mass is 302 g/mol. The molecule has 0 aromatic carbocycles. The van der Waals surface area contributed by atoms with Crippen molar-refractivity contribution in [3.63, 3.8) is 0 Å². The van der Waals surface area contributed by atoms with Crippen molar-refractivity contribution in [3.8, 4) is 0 Å². The maximum atomic E-state index is 12.5. The van der Waals surface area contributed by atoms with Crippen LogP contribution in [0.3, 0.4) is 0 Å². The summed E-state index contributed by atoms with van der Waals surface area (Å²) >= 11 is 0. The minimum atomic E-state index is 0. The lowest BCUT2D eigenvalue weighted by Gasteiger charge is -2.34. The highest BCUT2D eigenvalue weighted by molar-refractivity contribution is 5.85. The fourth-order valence-corrected chi connectivity index (χ4v) is 3.75. The van der Waals surface area contributed by atoms with Crippen LogP contribution in [0.5, 0.6) is 0 Å². The van der Waals surface area contributed by atoms with Crippen LogP contribution in [-0.2, 0) is 4.79 Å². The Labute approximate surface area is 130 Å². The van der Waals surface area contributed by atoms with Crippen molar-refractivity contribution in [2.75, 3.05) is 20.1 Å². The van der Waals surface area contributed by atoms with Crippen molar-refractivity contribution >= 4 is 18.3 Å². The molecular formula is C16H31ClN2O. The minimum absolute atomic E-state index is 0. The second kappa shape index (κ2) is 8.89. The number of halogens is 1. The second-order valence-corrected chi connectivity index (χ2v) is 6.57. The van der Waals surface area contributed by atoms with Gasteiger partial charge in [0.05, 0.1) is 0 Å². The maximum Gasteiger partial charge on any atom is 0.225 e. The van der Waals surface area contributed by atoms with Gasteiger partial charge in [-0.05, 0) is 38.3 Å². The van der Waals surface area contributed by atoms with E-state index in [1.807, 2.05) is 11.9 Å². The molecule has 1 saturated carbocycles. The summed E-state index contributed by atoms with van der Waals surface area (Å²) in [5.74, 6) is 1.38. The van der Waals surface area contributed by atoms with Crippen molar-refractivity contribution in [2.45, 2.75) is 64.3 Å². The molecule has 1 heterocycles. The van der Waals surface area contributed by atoms with Gasteiger partial charge in [-0.25, -0.2) is 0 Å². The minimum Gasteiger partial charge on any atom is -0.342 e. The topological polar surface area (TPSA) is 32.3 Å². The summed E-state index contributed by atoms with van der Waals surface area (Å²) in [4.78, 5) is 14.6. The number of nitrogens with one attached hydrogen (secondary N) is 1. The Morgan fingerprint density at radius 1 is 1.15 bits per heavy atom. The molecule has 3 nitrogen and oxygen atoms in total. The lowest BCUT2D eigenvalue weighted by atomic mass is 9.83. The first kappa shape index (κ1) is 17.8. The van der Waals surface area contributed by atoms with E-state index in [0.29, 0.717) is 11.9 Å². The van der Waals surface area contributed by atoms with Gasteiger partial charge in [0, 0.05) is 19.0 Å². The quantitative estimate of drug-likeness (QED) is 0.865. The van der Waals surface area contributed by atoms with Crippen LogP contribution >= 0.6 is 12.4 Å². The fourth-order valence-electron chi connectivity index (χ4n) is 3.75. The predicted octanol–water partition coefficient (Wildman–Crippen LogP) is 3.23. The van der Waals surface area contributed by atoms with Gasteiger partial charge in [-0.15, -0.1) is 12.4 Å². The molecule has 20 heavy (non-hydrogen) atoms. The van der Waals surface area contributed by atoms with Gasteiger partial charge in [-0.2, -0.15) is 0 Å². The summed E-state index contributed by atoms with van der Waals surface area (Å²) in [6.07, 6.45) is 10.1. The molecule has 1 amide bonds. The van der Waals surface area contributed by atoms with Gasteiger partial charge in [0.2, 0.25) is 5.91 Å². The highest BCUT2D eigenvalue weighted by Crippen LogP contribution is 2.29. The van der Waals surface area contributed by atoms with Crippen molar-refractivity contribution in [1.82, 2.24) is 10.2 Å². The zero-order valence-corrected chi connectivity index (χ0v) is 13.9. The first-order valence-electron chi connectivity index (χ1n) is 8.16. The third-order valence-electron chi connectivity index (χ3n) is 5.04. The number of rotatable bonds is 4. The number of carbonyl (C=O) groups excluding carboxylic acids is 1. The number of carbonyl (C=O) groups is 1. The fraction of sp³-hybridized carbons (Fsp3) is 0.938. The Morgan fingerprint density at radius 3 is 2.35 bits per heavy atom. The first-order valence-corrected chi connectivity index (χ1v) is 8.16. The highest BCUT2D eigenvalue weighted by atomic mass is 35.5. The van der Waals surface area contributed by atoms with Gasteiger partial charge in [0.15, 0.2) is 0 Å². The van der Waals surface area contributed by atoms with Gasteiger partial charge < -0.3 is 10.2 Å². The van der Waals surface area contributed by atoms with Crippen LogP contribution < -0.4 is 5.32 Å². The van der Waals surface area contributed by atoms with E-state index >= 15 is 0 Å². The van der Waals surface area contributed by atoms with E-state index in [1.165, 1.54) is 32.1 Å². The third-order valence-corrected chi connectivity index (χ3v) is 5.04. The number of amides is 1. The number of hydrogen-bond donors (Lipinski definition) is 1. The van der Waals surface area contributed by atoms with Gasteiger partial charge in [-0.1, -0.05) is 39.0 Å². The smallest absolute Gasteiger partial charge is 0.225 e. The lowest BCUT2D eigenvalue weighted by molar-refractivity contribution is -0.136. The van der Waals surface area contributed by atoms with E-state index in [9.17, 15) is 4.79 Å². The molecule has 4 heteroatoms. The Balaban J connectivity index is 0.00000200. The van der Waals surface area contributed by atoms with Crippen LogP contribution in [0.15, 0.2) is 0 Å². The molecule has 1 saturated heterocycles. The van der Waals surface area contributed by atoms with E-state index in [0.717, 1.165) is 38.3 Å². The highest BCUT2D eigenvalue weighted by Gasteiger charge is 2.27. The Bertz CT molecular complexity index is 286. The number of piperidine rings is 1. The number of nitrogens with zero attached hydrogens (tertiary/aromatic N) is 1. The van der Waals surface area contributed by atoms with Crippen molar-refractivity contribution in [2.24, 2.45) is 11.8 Å². The zero-order valence-electron chi connectivity index (χ0n) is 13.1. The van der Waals surface area contributed by atoms with Crippen LogP contribution in [0.2, 0.25) is 0 Å². The summed E-state index contributed by atoms with van der Waals surface area (Å²) in [7, 11) is 2.01. The van der Waals surface area contributed by atoms with Crippen LogP contribution in [-0.4, -0.2) is 37.0 Å². The largest absolute Gasteiger partial charge is 0.342 e. The average Bonchev–Trinajstić information content (AvgIpc) is 2.47.